The number of nitrogens with zero attached hydrogens (tertiary/aromatic N) is 1. The minimum Gasteiger partial charge on any atom is -0.508 e. The second-order valence-corrected chi connectivity index (χ2v) is 7.49. The van der Waals surface area contributed by atoms with Gasteiger partial charge < -0.3 is 10.2 Å². The molecule has 2 unspecified atom stereocenters. The van der Waals surface area contributed by atoms with Crippen molar-refractivity contribution in [2.75, 3.05) is 0 Å². The molecule has 0 amide bonds. The molecule has 0 saturated carbocycles. The molecule has 2 aromatic carbocycles. The first-order valence-electron chi connectivity index (χ1n) is 9.61. The van der Waals surface area contributed by atoms with Gasteiger partial charge in [-0.05, 0) is 61.2 Å². The standard InChI is InChI=1S/C23H24FNO4/c1-4-13(2)10-19(23(28)29)21-14(3)25(20-9-8-17(26)12-18(20)21)22(27)15-6-5-7-16(24)11-15/h5-9,11-13,19,26H,4,10H2,1-3H3,(H,28,29). The van der Waals surface area contributed by atoms with Crippen LogP contribution in [0.3, 0.4) is 0 Å². The molecule has 0 radical (unpaired) electrons. The number of halogens is 1. The number of carbonyl (C=O) groups is 2. The van der Waals surface area contributed by atoms with E-state index in [1.165, 1.54) is 34.9 Å². The van der Waals surface area contributed by atoms with E-state index in [2.05, 4.69) is 0 Å². The maximum Gasteiger partial charge on any atom is 0.311 e. The van der Waals surface area contributed by atoms with Gasteiger partial charge in [0.25, 0.3) is 5.91 Å². The summed E-state index contributed by atoms with van der Waals surface area (Å²) in [7, 11) is 0. The van der Waals surface area contributed by atoms with Crippen LogP contribution in [0.5, 0.6) is 5.75 Å². The average Bonchev–Trinajstić information content (AvgIpc) is 2.96. The average molecular weight is 397 g/mol. The second kappa shape index (κ2) is 8.07. The molecule has 6 heteroatoms. The number of carboxylic acid groups (broad SMARTS) is 1. The van der Waals surface area contributed by atoms with Crippen molar-refractivity contribution in [1.29, 1.82) is 0 Å². The molecule has 152 valence electrons. The summed E-state index contributed by atoms with van der Waals surface area (Å²) in [6.45, 7) is 5.68. The minimum absolute atomic E-state index is 0.0122. The first kappa shape index (κ1) is 20.6. The fourth-order valence-corrected chi connectivity index (χ4v) is 3.79. The molecule has 0 bridgehead atoms. The van der Waals surface area contributed by atoms with E-state index in [1.807, 2.05) is 13.8 Å². The van der Waals surface area contributed by atoms with E-state index >= 15 is 0 Å². The molecule has 2 N–H and O–H groups in total. The first-order valence-corrected chi connectivity index (χ1v) is 9.61. The number of aromatic nitrogens is 1. The lowest BCUT2D eigenvalue weighted by molar-refractivity contribution is -0.139. The lowest BCUT2D eigenvalue weighted by Crippen LogP contribution is -2.18. The molecule has 0 aliphatic heterocycles. The summed E-state index contributed by atoms with van der Waals surface area (Å²) in [4.78, 5) is 25.3. The Bertz CT molecular complexity index is 1090. The largest absolute Gasteiger partial charge is 0.508 e. The molecule has 1 heterocycles. The Morgan fingerprint density at radius 3 is 2.52 bits per heavy atom. The third-order valence-corrected chi connectivity index (χ3v) is 5.49. The van der Waals surface area contributed by atoms with Gasteiger partial charge in [-0.1, -0.05) is 26.3 Å². The van der Waals surface area contributed by atoms with Crippen LogP contribution >= 0.6 is 0 Å². The van der Waals surface area contributed by atoms with Gasteiger partial charge in [0.15, 0.2) is 0 Å². The molecule has 0 aliphatic carbocycles. The first-order chi connectivity index (χ1) is 13.7. The third kappa shape index (κ3) is 3.88. The highest BCUT2D eigenvalue weighted by Crippen LogP contribution is 2.37. The zero-order chi connectivity index (χ0) is 21.3. The highest BCUT2D eigenvalue weighted by Gasteiger charge is 2.30. The predicted octanol–water partition coefficient (Wildman–Crippen LogP) is 5.09. The van der Waals surface area contributed by atoms with Crippen molar-refractivity contribution in [3.8, 4) is 5.75 Å². The number of carbonyl (C=O) groups excluding carboxylic acids is 1. The van der Waals surface area contributed by atoms with E-state index < -0.39 is 23.6 Å². The molecule has 0 fully saturated rings. The molecule has 0 aliphatic rings. The molecule has 3 rings (SSSR count). The molecule has 0 saturated heterocycles. The summed E-state index contributed by atoms with van der Waals surface area (Å²) in [5, 5.41) is 20.4. The van der Waals surface area contributed by atoms with E-state index in [0.29, 0.717) is 28.6 Å². The zero-order valence-electron chi connectivity index (χ0n) is 16.6. The van der Waals surface area contributed by atoms with Gasteiger partial charge in [0.2, 0.25) is 0 Å². The van der Waals surface area contributed by atoms with Gasteiger partial charge in [-0.3, -0.25) is 14.2 Å². The van der Waals surface area contributed by atoms with Crippen LogP contribution in [0, 0.1) is 18.7 Å². The molecule has 3 aromatic rings. The number of phenolic OH excluding ortho intramolecular Hbond substituents is 1. The van der Waals surface area contributed by atoms with E-state index in [4.69, 9.17) is 0 Å². The monoisotopic (exact) mass is 397 g/mol. The predicted molar refractivity (Wildman–Crippen MR) is 109 cm³/mol. The Morgan fingerprint density at radius 2 is 1.90 bits per heavy atom. The SMILES string of the molecule is CCC(C)CC(C(=O)O)c1c(C)n(C(=O)c2cccc(F)c2)c2ccc(O)cc12. The number of aliphatic carboxylic acids is 1. The zero-order valence-corrected chi connectivity index (χ0v) is 16.6. The van der Waals surface area contributed by atoms with Crippen LogP contribution in [0.25, 0.3) is 10.9 Å². The summed E-state index contributed by atoms with van der Waals surface area (Å²) in [5.74, 6) is -2.61. The van der Waals surface area contributed by atoms with Crippen LogP contribution in [0.2, 0.25) is 0 Å². The van der Waals surface area contributed by atoms with Crippen LogP contribution in [-0.2, 0) is 4.79 Å². The molecule has 29 heavy (non-hydrogen) atoms. The van der Waals surface area contributed by atoms with E-state index in [1.54, 1.807) is 13.0 Å². The van der Waals surface area contributed by atoms with Crippen molar-refractivity contribution in [2.24, 2.45) is 5.92 Å². The van der Waals surface area contributed by atoms with Crippen LogP contribution in [-0.4, -0.2) is 26.7 Å². The number of hydrogen-bond donors (Lipinski definition) is 2. The summed E-state index contributed by atoms with van der Waals surface area (Å²) in [6, 6.07) is 9.91. The van der Waals surface area contributed by atoms with Gasteiger partial charge in [0.1, 0.15) is 11.6 Å². The number of carboxylic acids is 1. The summed E-state index contributed by atoms with van der Waals surface area (Å²) in [6.07, 6.45) is 1.24. The van der Waals surface area contributed by atoms with E-state index in [-0.39, 0.29) is 17.2 Å². The van der Waals surface area contributed by atoms with Crippen molar-refractivity contribution in [1.82, 2.24) is 4.57 Å². The van der Waals surface area contributed by atoms with Crippen LogP contribution in [0.15, 0.2) is 42.5 Å². The second-order valence-electron chi connectivity index (χ2n) is 7.49. The maximum atomic E-state index is 13.7. The van der Waals surface area contributed by atoms with Gasteiger partial charge in [0.05, 0.1) is 11.4 Å². The van der Waals surface area contributed by atoms with Gasteiger partial charge in [-0.2, -0.15) is 0 Å². The highest BCUT2D eigenvalue weighted by atomic mass is 19.1. The van der Waals surface area contributed by atoms with Crippen LogP contribution < -0.4 is 0 Å². The lowest BCUT2D eigenvalue weighted by Gasteiger charge is -2.17. The van der Waals surface area contributed by atoms with Crippen LogP contribution in [0.1, 0.15) is 54.2 Å². The topological polar surface area (TPSA) is 79.5 Å². The Kier molecular flexibility index (Phi) is 5.73. The lowest BCUT2D eigenvalue weighted by atomic mass is 9.87. The summed E-state index contributed by atoms with van der Waals surface area (Å²) in [5.41, 5.74) is 1.64. The number of fused-ring (bicyclic) bond motifs is 1. The number of hydrogen-bond acceptors (Lipinski definition) is 3. The number of phenols is 1. The van der Waals surface area contributed by atoms with Gasteiger partial charge in [-0.25, -0.2) is 4.39 Å². The van der Waals surface area contributed by atoms with Crippen molar-refractivity contribution in [3.05, 3.63) is 65.1 Å². The summed E-state index contributed by atoms with van der Waals surface area (Å²) < 4.78 is 15.1. The normalized spacial score (nSPS) is 13.4. The van der Waals surface area contributed by atoms with E-state index in [0.717, 1.165) is 12.5 Å². The van der Waals surface area contributed by atoms with Crippen molar-refractivity contribution in [2.45, 2.75) is 39.5 Å². The quantitative estimate of drug-likeness (QED) is 0.607. The Labute approximate surface area is 168 Å². The molecule has 5 nitrogen and oxygen atoms in total. The van der Waals surface area contributed by atoms with Crippen LogP contribution in [0.4, 0.5) is 4.39 Å². The fourth-order valence-electron chi connectivity index (χ4n) is 3.79. The molecule has 2 atom stereocenters. The molecule has 0 spiro atoms. The van der Waals surface area contributed by atoms with Crippen molar-refractivity contribution >= 4 is 22.8 Å². The maximum absolute atomic E-state index is 13.7. The smallest absolute Gasteiger partial charge is 0.311 e. The molecule has 1 aromatic heterocycles. The fraction of sp³-hybridized carbons (Fsp3) is 0.304. The number of aromatic hydroxyl groups is 1. The Morgan fingerprint density at radius 1 is 1.17 bits per heavy atom. The van der Waals surface area contributed by atoms with Crippen molar-refractivity contribution in [3.63, 3.8) is 0 Å². The molecular weight excluding hydrogens is 373 g/mol. The van der Waals surface area contributed by atoms with Gasteiger partial charge in [-0.15, -0.1) is 0 Å². The Hall–Kier alpha value is -3.15. The number of rotatable bonds is 6. The molecular formula is C23H24FNO4. The number of benzene rings is 2. The van der Waals surface area contributed by atoms with Gasteiger partial charge >= 0.3 is 5.97 Å². The van der Waals surface area contributed by atoms with Gasteiger partial charge in [0, 0.05) is 16.6 Å². The van der Waals surface area contributed by atoms with Crippen molar-refractivity contribution < 1.29 is 24.2 Å². The third-order valence-electron chi connectivity index (χ3n) is 5.49. The Balaban J connectivity index is 2.26. The summed E-state index contributed by atoms with van der Waals surface area (Å²) >= 11 is 0. The van der Waals surface area contributed by atoms with E-state index in [9.17, 15) is 24.2 Å². The minimum atomic E-state index is -0.978. The highest BCUT2D eigenvalue weighted by molar-refractivity contribution is 6.05.